The van der Waals surface area contributed by atoms with Gasteiger partial charge in [-0.3, -0.25) is 0 Å². The van der Waals surface area contributed by atoms with E-state index in [1.807, 2.05) is 0 Å². The summed E-state index contributed by atoms with van der Waals surface area (Å²) in [5, 5.41) is 3.66. The zero-order chi connectivity index (χ0) is 11.7. The van der Waals surface area contributed by atoms with Crippen LogP contribution in [-0.2, 0) is 0 Å². The second-order valence-corrected chi connectivity index (χ2v) is 4.80. The minimum Gasteiger partial charge on any atom is -0.302 e. The van der Waals surface area contributed by atoms with Gasteiger partial charge in [-0.15, -0.1) is 0 Å². The number of nitrogens with one attached hydrogen (secondary N) is 1. The molecule has 0 saturated carbocycles. The van der Waals surface area contributed by atoms with E-state index in [1.165, 1.54) is 11.1 Å². The zero-order valence-corrected chi connectivity index (χ0v) is 10.0. The van der Waals surface area contributed by atoms with Crippen LogP contribution in [0.15, 0.2) is 60.7 Å². The summed E-state index contributed by atoms with van der Waals surface area (Å²) in [4.78, 5) is 0. The summed E-state index contributed by atoms with van der Waals surface area (Å²) < 4.78 is 0. The fraction of sp³-hybridized carbons (Fsp3) is 0.250. The first-order valence-corrected chi connectivity index (χ1v) is 6.22. The lowest BCUT2D eigenvalue weighted by molar-refractivity contribution is 0.161. The molecule has 2 aromatic rings. The molecule has 1 nitrogen and oxygen atoms in total. The van der Waals surface area contributed by atoms with Gasteiger partial charge >= 0.3 is 0 Å². The Labute approximate surface area is 102 Å². The largest absolute Gasteiger partial charge is 0.302 e. The average molecular weight is 223 g/mol. The molecule has 0 aliphatic carbocycles. The van der Waals surface area contributed by atoms with E-state index >= 15 is 0 Å². The van der Waals surface area contributed by atoms with Crippen LogP contribution in [-0.4, -0.2) is 0 Å². The minimum absolute atomic E-state index is 0.501. The van der Waals surface area contributed by atoms with Gasteiger partial charge in [0.2, 0.25) is 0 Å². The summed E-state index contributed by atoms with van der Waals surface area (Å²) in [5.41, 5.74) is 2.79. The van der Waals surface area contributed by atoms with Crippen LogP contribution < -0.4 is 5.32 Å². The van der Waals surface area contributed by atoms with E-state index in [4.69, 9.17) is 0 Å². The Balaban J connectivity index is 1.76. The molecular formula is C16H17N. The highest BCUT2D eigenvalue weighted by Crippen LogP contribution is 2.42. The van der Waals surface area contributed by atoms with Crippen molar-refractivity contribution >= 4 is 0 Å². The molecule has 86 valence electrons. The highest BCUT2D eigenvalue weighted by atomic mass is 15.1. The number of hydrogen-bond donors (Lipinski definition) is 1. The summed E-state index contributed by atoms with van der Waals surface area (Å²) in [6.45, 7) is 2.33. The van der Waals surface area contributed by atoms with Crippen molar-refractivity contribution in [2.24, 2.45) is 5.92 Å². The molecule has 0 amide bonds. The molecule has 0 radical (unpaired) electrons. The van der Waals surface area contributed by atoms with Crippen molar-refractivity contribution in [1.82, 2.24) is 5.32 Å². The molecule has 1 fully saturated rings. The van der Waals surface area contributed by atoms with Gasteiger partial charge in [-0.05, 0) is 17.0 Å². The van der Waals surface area contributed by atoms with Gasteiger partial charge in [0, 0.05) is 12.1 Å². The van der Waals surface area contributed by atoms with E-state index in [0.29, 0.717) is 18.0 Å². The van der Waals surface area contributed by atoms with Crippen LogP contribution in [0.4, 0.5) is 0 Å². The van der Waals surface area contributed by atoms with E-state index < -0.39 is 0 Å². The van der Waals surface area contributed by atoms with Crippen LogP contribution in [0.1, 0.15) is 30.1 Å². The van der Waals surface area contributed by atoms with E-state index in [-0.39, 0.29) is 0 Å². The predicted octanol–water partition coefficient (Wildman–Crippen LogP) is 3.71. The SMILES string of the molecule is CC1[C@@H](c2ccccc2)N[C@H]1c1ccccc1. The Hall–Kier alpha value is -1.60. The minimum atomic E-state index is 0.501. The Bertz CT molecular complexity index is 432. The lowest BCUT2D eigenvalue weighted by Crippen LogP contribution is -2.47. The molecule has 1 aliphatic rings. The van der Waals surface area contributed by atoms with Crippen LogP contribution in [0.5, 0.6) is 0 Å². The van der Waals surface area contributed by atoms with Crippen molar-refractivity contribution in [2.45, 2.75) is 19.0 Å². The van der Waals surface area contributed by atoms with Gasteiger partial charge in [0.15, 0.2) is 0 Å². The highest BCUT2D eigenvalue weighted by molar-refractivity contribution is 5.29. The quantitative estimate of drug-likeness (QED) is 0.818. The third-order valence-corrected chi connectivity index (χ3v) is 3.73. The summed E-state index contributed by atoms with van der Waals surface area (Å²) >= 11 is 0. The molecule has 3 atom stereocenters. The standard InChI is InChI=1S/C16H17N/c1-12-15(13-8-4-2-5-9-13)17-16(12)14-10-6-3-7-11-14/h2-12,15-17H,1H3/t12?,15-,16+. The Morgan fingerprint density at radius 2 is 1.12 bits per heavy atom. The average Bonchev–Trinajstić information content (AvgIpc) is 2.40. The zero-order valence-electron chi connectivity index (χ0n) is 10.0. The molecule has 0 spiro atoms. The molecular weight excluding hydrogens is 206 g/mol. The smallest absolute Gasteiger partial charge is 0.0369 e. The Kier molecular flexibility index (Phi) is 2.69. The summed E-state index contributed by atoms with van der Waals surface area (Å²) in [6.07, 6.45) is 0. The molecule has 1 heterocycles. The monoisotopic (exact) mass is 223 g/mol. The highest BCUT2D eigenvalue weighted by Gasteiger charge is 2.38. The molecule has 17 heavy (non-hydrogen) atoms. The van der Waals surface area contributed by atoms with Crippen molar-refractivity contribution in [3.63, 3.8) is 0 Å². The van der Waals surface area contributed by atoms with E-state index in [1.54, 1.807) is 0 Å². The second-order valence-electron chi connectivity index (χ2n) is 4.80. The molecule has 1 saturated heterocycles. The number of rotatable bonds is 2. The van der Waals surface area contributed by atoms with Crippen molar-refractivity contribution in [3.8, 4) is 0 Å². The van der Waals surface area contributed by atoms with Gasteiger partial charge < -0.3 is 5.32 Å². The van der Waals surface area contributed by atoms with Crippen LogP contribution >= 0.6 is 0 Å². The fourth-order valence-electron chi connectivity index (χ4n) is 2.69. The molecule has 1 unspecified atom stereocenters. The fourth-order valence-corrected chi connectivity index (χ4v) is 2.69. The van der Waals surface area contributed by atoms with Crippen molar-refractivity contribution in [2.75, 3.05) is 0 Å². The summed E-state index contributed by atoms with van der Waals surface area (Å²) in [6, 6.07) is 22.4. The summed E-state index contributed by atoms with van der Waals surface area (Å²) in [5.74, 6) is 0.653. The second kappa shape index (κ2) is 4.34. The van der Waals surface area contributed by atoms with Gasteiger partial charge in [-0.25, -0.2) is 0 Å². The molecule has 1 N–H and O–H groups in total. The maximum absolute atomic E-state index is 3.66. The van der Waals surface area contributed by atoms with Gasteiger partial charge in [-0.2, -0.15) is 0 Å². The van der Waals surface area contributed by atoms with Crippen molar-refractivity contribution in [1.29, 1.82) is 0 Å². The summed E-state index contributed by atoms with van der Waals surface area (Å²) in [7, 11) is 0. The first-order valence-electron chi connectivity index (χ1n) is 6.22. The maximum Gasteiger partial charge on any atom is 0.0369 e. The topological polar surface area (TPSA) is 12.0 Å². The van der Waals surface area contributed by atoms with Crippen LogP contribution in [0.3, 0.4) is 0 Å². The third kappa shape index (κ3) is 1.87. The molecule has 1 aliphatic heterocycles. The van der Waals surface area contributed by atoms with Gasteiger partial charge in [-0.1, -0.05) is 67.6 Å². The van der Waals surface area contributed by atoms with E-state index in [2.05, 4.69) is 72.9 Å². The molecule has 3 rings (SSSR count). The molecule has 2 aromatic carbocycles. The first kappa shape index (κ1) is 10.5. The number of benzene rings is 2. The molecule has 1 heteroatoms. The van der Waals surface area contributed by atoms with E-state index in [9.17, 15) is 0 Å². The molecule has 0 bridgehead atoms. The number of hydrogen-bond acceptors (Lipinski definition) is 1. The Morgan fingerprint density at radius 3 is 1.47 bits per heavy atom. The van der Waals surface area contributed by atoms with Gasteiger partial charge in [0.1, 0.15) is 0 Å². The van der Waals surface area contributed by atoms with Crippen LogP contribution in [0.2, 0.25) is 0 Å². The first-order chi connectivity index (χ1) is 8.36. The van der Waals surface area contributed by atoms with Crippen molar-refractivity contribution < 1.29 is 0 Å². The normalized spacial score (nSPS) is 27.5. The maximum atomic E-state index is 3.66. The predicted molar refractivity (Wildman–Crippen MR) is 70.7 cm³/mol. The lowest BCUT2D eigenvalue weighted by atomic mass is 9.77. The third-order valence-electron chi connectivity index (χ3n) is 3.73. The van der Waals surface area contributed by atoms with Crippen molar-refractivity contribution in [3.05, 3.63) is 71.8 Å². The Morgan fingerprint density at radius 1 is 0.706 bits per heavy atom. The van der Waals surface area contributed by atoms with Crippen LogP contribution in [0.25, 0.3) is 0 Å². The van der Waals surface area contributed by atoms with Crippen LogP contribution in [0, 0.1) is 5.92 Å². The lowest BCUT2D eigenvalue weighted by Gasteiger charge is -2.45. The van der Waals surface area contributed by atoms with Gasteiger partial charge in [0.25, 0.3) is 0 Å². The van der Waals surface area contributed by atoms with E-state index in [0.717, 1.165) is 0 Å². The molecule has 0 aromatic heterocycles. The van der Waals surface area contributed by atoms with Gasteiger partial charge in [0.05, 0.1) is 0 Å².